The minimum atomic E-state index is 0.501. The summed E-state index contributed by atoms with van der Waals surface area (Å²) in [5.74, 6) is 1.56. The first-order valence-corrected chi connectivity index (χ1v) is 12.9. The molecule has 7 rings (SSSR count). The fraction of sp³-hybridized carbons (Fsp3) is 0. The van der Waals surface area contributed by atoms with Gasteiger partial charge in [-0.2, -0.15) is 0 Å². The van der Waals surface area contributed by atoms with Gasteiger partial charge in [-0.05, 0) is 64.5 Å². The molecule has 0 aliphatic rings. The number of halogens is 1. The maximum Gasteiger partial charge on any atom is 0.182 e. The molecule has 0 aliphatic carbocycles. The van der Waals surface area contributed by atoms with Crippen LogP contribution in [0.2, 0.25) is 0 Å². The lowest BCUT2D eigenvalue weighted by molar-refractivity contribution is 1.04. The summed E-state index contributed by atoms with van der Waals surface area (Å²) in [6.45, 7) is 0. The summed E-state index contributed by atoms with van der Waals surface area (Å²) in [7, 11) is 0. The topological polar surface area (TPSA) is 69.4 Å². The van der Waals surface area contributed by atoms with E-state index < -0.39 is 0 Å². The Morgan fingerprint density at radius 1 is 0.553 bits per heavy atom. The Morgan fingerprint density at radius 3 is 1.89 bits per heavy atom. The van der Waals surface area contributed by atoms with Crippen molar-refractivity contribution in [3.63, 3.8) is 0 Å². The van der Waals surface area contributed by atoms with Crippen molar-refractivity contribution in [3.05, 3.63) is 120 Å². The predicted octanol–water partition coefficient (Wildman–Crippen LogP) is 7.52. The van der Waals surface area contributed by atoms with Crippen LogP contribution < -0.4 is 0 Å². The molecular formula is C31H19BrN6. The Morgan fingerprint density at radius 2 is 1.18 bits per heavy atom. The number of hydrogen-bond donors (Lipinski definition) is 0. The summed E-state index contributed by atoms with van der Waals surface area (Å²) >= 11 is 3.79. The van der Waals surface area contributed by atoms with Crippen molar-refractivity contribution in [1.29, 1.82) is 0 Å². The highest BCUT2D eigenvalue weighted by molar-refractivity contribution is 9.10. The van der Waals surface area contributed by atoms with Crippen LogP contribution in [-0.2, 0) is 0 Å². The first-order chi connectivity index (χ1) is 18.8. The highest BCUT2D eigenvalue weighted by atomic mass is 79.9. The van der Waals surface area contributed by atoms with Crippen molar-refractivity contribution >= 4 is 37.7 Å². The zero-order valence-electron chi connectivity index (χ0n) is 20.0. The van der Waals surface area contributed by atoms with Gasteiger partial charge in [-0.15, -0.1) is 0 Å². The van der Waals surface area contributed by atoms with E-state index in [1.54, 1.807) is 12.4 Å². The molecule has 0 fully saturated rings. The van der Waals surface area contributed by atoms with Crippen LogP contribution in [0.3, 0.4) is 0 Å². The summed E-state index contributed by atoms with van der Waals surface area (Å²) in [5.41, 5.74) is 5.49. The average Bonchev–Trinajstić information content (AvgIpc) is 3.34. The minimum absolute atomic E-state index is 0.501. The molecule has 0 spiro atoms. The van der Waals surface area contributed by atoms with Gasteiger partial charge in [0.25, 0.3) is 0 Å². The smallest absolute Gasteiger partial charge is 0.182 e. The molecule has 4 aromatic heterocycles. The van der Waals surface area contributed by atoms with Crippen LogP contribution in [0.5, 0.6) is 0 Å². The van der Waals surface area contributed by atoms with E-state index in [2.05, 4.69) is 85.1 Å². The van der Waals surface area contributed by atoms with Crippen LogP contribution in [0.4, 0.5) is 0 Å². The van der Waals surface area contributed by atoms with E-state index >= 15 is 0 Å². The van der Waals surface area contributed by atoms with E-state index in [1.165, 1.54) is 10.8 Å². The van der Waals surface area contributed by atoms with Crippen molar-refractivity contribution in [1.82, 2.24) is 29.5 Å². The number of nitrogens with zero attached hydrogens (tertiary/aromatic N) is 6. The second-order valence-electron chi connectivity index (χ2n) is 8.78. The van der Waals surface area contributed by atoms with Crippen molar-refractivity contribution in [2.45, 2.75) is 0 Å². The molecule has 6 nitrogen and oxygen atoms in total. The van der Waals surface area contributed by atoms with Crippen LogP contribution in [0.25, 0.3) is 61.9 Å². The maximum atomic E-state index is 4.83. The Bertz CT molecular complexity index is 1880. The molecule has 7 heteroatoms. The highest BCUT2D eigenvalue weighted by Crippen LogP contribution is 2.36. The minimum Gasteiger partial charge on any atom is -0.308 e. The molecule has 180 valence electrons. The lowest BCUT2D eigenvalue weighted by Crippen LogP contribution is -2.02. The van der Waals surface area contributed by atoms with Gasteiger partial charge in [0.2, 0.25) is 0 Å². The Balaban J connectivity index is 1.45. The fourth-order valence-electron chi connectivity index (χ4n) is 4.75. The normalized spacial score (nSPS) is 11.3. The molecule has 0 amide bonds. The molecule has 0 bridgehead atoms. The molecule has 3 aromatic carbocycles. The van der Waals surface area contributed by atoms with Gasteiger partial charge >= 0.3 is 0 Å². The Kier molecular flexibility index (Phi) is 5.48. The second kappa shape index (κ2) is 9.28. The van der Waals surface area contributed by atoms with E-state index in [4.69, 9.17) is 15.0 Å². The molecule has 0 aliphatic heterocycles. The van der Waals surface area contributed by atoms with Crippen LogP contribution in [0.15, 0.2) is 120 Å². The molecule has 0 radical (unpaired) electrons. The molecule has 0 saturated carbocycles. The van der Waals surface area contributed by atoms with Crippen molar-refractivity contribution in [2.24, 2.45) is 0 Å². The molecular weight excluding hydrogens is 536 g/mol. The average molecular weight is 555 g/mol. The highest BCUT2D eigenvalue weighted by Gasteiger charge is 2.17. The molecule has 0 atom stereocenters. The summed E-state index contributed by atoms with van der Waals surface area (Å²) in [6.07, 6.45) is 3.47. The monoisotopic (exact) mass is 554 g/mol. The van der Waals surface area contributed by atoms with Crippen molar-refractivity contribution in [3.8, 4) is 40.1 Å². The van der Waals surface area contributed by atoms with E-state index in [-0.39, 0.29) is 0 Å². The van der Waals surface area contributed by atoms with Crippen molar-refractivity contribution < 1.29 is 0 Å². The van der Waals surface area contributed by atoms with Gasteiger partial charge in [0.1, 0.15) is 11.4 Å². The van der Waals surface area contributed by atoms with Crippen LogP contribution in [0, 0.1) is 0 Å². The zero-order valence-corrected chi connectivity index (χ0v) is 21.6. The van der Waals surface area contributed by atoms with Crippen LogP contribution in [-0.4, -0.2) is 29.5 Å². The number of para-hydroxylation sites is 2. The first-order valence-electron chi connectivity index (χ1n) is 12.1. The third-order valence-corrected chi connectivity index (χ3v) is 7.07. The summed E-state index contributed by atoms with van der Waals surface area (Å²) in [6, 6.07) is 34.4. The van der Waals surface area contributed by atoms with Crippen LogP contribution in [0.1, 0.15) is 0 Å². The number of fused-ring (bicyclic) bond motifs is 3. The van der Waals surface area contributed by atoms with Gasteiger partial charge in [-0.25, -0.2) is 15.0 Å². The van der Waals surface area contributed by atoms with E-state index in [1.807, 2.05) is 48.5 Å². The molecule has 0 unspecified atom stereocenters. The zero-order chi connectivity index (χ0) is 25.5. The molecule has 38 heavy (non-hydrogen) atoms. The number of rotatable bonds is 4. The number of aromatic nitrogens is 6. The SMILES string of the molecule is Brc1cccc2c3ccccc3n(-c3cccc(-c4nc(-c5ccccn5)nc(-c5ccccn5)n4)c3)c12. The quantitative estimate of drug-likeness (QED) is 0.225. The van der Waals surface area contributed by atoms with E-state index in [9.17, 15) is 0 Å². The van der Waals surface area contributed by atoms with Crippen molar-refractivity contribution in [2.75, 3.05) is 0 Å². The van der Waals surface area contributed by atoms with Gasteiger partial charge in [-0.1, -0.05) is 54.6 Å². The van der Waals surface area contributed by atoms with Gasteiger partial charge in [0, 0.05) is 38.9 Å². The van der Waals surface area contributed by atoms with E-state index in [0.29, 0.717) is 28.9 Å². The molecule has 7 aromatic rings. The molecule has 4 heterocycles. The van der Waals surface area contributed by atoms with Gasteiger partial charge in [0.05, 0.1) is 11.0 Å². The third-order valence-electron chi connectivity index (χ3n) is 6.43. The Hall–Kier alpha value is -4.75. The summed E-state index contributed by atoms with van der Waals surface area (Å²) < 4.78 is 3.31. The number of pyridine rings is 2. The summed E-state index contributed by atoms with van der Waals surface area (Å²) in [5, 5.41) is 2.39. The summed E-state index contributed by atoms with van der Waals surface area (Å²) in [4.78, 5) is 23.3. The third kappa shape index (κ3) is 3.84. The first kappa shape index (κ1) is 22.4. The number of hydrogen-bond acceptors (Lipinski definition) is 5. The van der Waals surface area contributed by atoms with Gasteiger partial charge in [-0.3, -0.25) is 9.97 Å². The standard InChI is InChI=1S/C31H19BrN6/c32-24-13-8-12-23-22-11-1-2-16-27(22)38(28(23)24)21-10-7-9-20(19-21)29-35-30(25-14-3-5-17-33-25)37-31(36-29)26-15-4-6-18-34-26/h1-19H. The molecule has 0 saturated heterocycles. The lowest BCUT2D eigenvalue weighted by Gasteiger charge is -2.11. The number of benzene rings is 3. The van der Waals surface area contributed by atoms with Gasteiger partial charge < -0.3 is 4.57 Å². The van der Waals surface area contributed by atoms with Crippen LogP contribution >= 0.6 is 15.9 Å². The van der Waals surface area contributed by atoms with E-state index in [0.717, 1.165) is 26.8 Å². The second-order valence-corrected chi connectivity index (χ2v) is 9.63. The largest absolute Gasteiger partial charge is 0.308 e. The lowest BCUT2D eigenvalue weighted by atomic mass is 10.1. The predicted molar refractivity (Wildman–Crippen MR) is 154 cm³/mol. The molecule has 0 N–H and O–H groups in total. The maximum absolute atomic E-state index is 4.83. The Labute approximate surface area is 226 Å². The fourth-order valence-corrected chi connectivity index (χ4v) is 5.30. The van der Waals surface area contributed by atoms with Gasteiger partial charge in [0.15, 0.2) is 17.5 Å².